The number of nitrogen functional groups attached to an aromatic ring is 1. The lowest BCUT2D eigenvalue weighted by atomic mass is 10.4. The summed E-state index contributed by atoms with van der Waals surface area (Å²) in [5, 5.41) is 0. The first-order valence-corrected chi connectivity index (χ1v) is 3.67. The van der Waals surface area contributed by atoms with Gasteiger partial charge in [0.2, 0.25) is 0 Å². The number of nitrogens with zero attached hydrogens (tertiary/aromatic N) is 1. The van der Waals surface area contributed by atoms with Crippen molar-refractivity contribution in [2.45, 2.75) is 0 Å². The Labute approximate surface area is 71.3 Å². The van der Waals surface area contributed by atoms with Crippen molar-refractivity contribution in [3.63, 3.8) is 0 Å². The molecule has 1 rings (SSSR count). The van der Waals surface area contributed by atoms with E-state index in [4.69, 9.17) is 15.2 Å². The van der Waals surface area contributed by atoms with Crippen molar-refractivity contribution in [2.75, 3.05) is 26.1 Å². The highest BCUT2D eigenvalue weighted by Gasteiger charge is 1.97. The molecule has 0 saturated carbocycles. The van der Waals surface area contributed by atoms with Crippen LogP contribution >= 0.6 is 0 Å². The molecule has 0 unspecified atom stereocenters. The summed E-state index contributed by atoms with van der Waals surface area (Å²) < 4.78 is 10.1. The van der Waals surface area contributed by atoms with E-state index >= 15 is 0 Å². The van der Waals surface area contributed by atoms with Crippen molar-refractivity contribution in [1.82, 2.24) is 4.98 Å². The molecule has 0 bridgehead atoms. The Morgan fingerprint density at radius 2 is 2.33 bits per heavy atom. The molecule has 1 aromatic rings. The van der Waals surface area contributed by atoms with Crippen LogP contribution in [0.5, 0.6) is 5.75 Å². The van der Waals surface area contributed by atoms with Crippen LogP contribution < -0.4 is 10.5 Å². The molecule has 0 aliphatic carbocycles. The molecule has 1 aromatic heterocycles. The monoisotopic (exact) mass is 168 g/mol. The van der Waals surface area contributed by atoms with Gasteiger partial charge in [-0.3, -0.25) is 0 Å². The molecule has 4 heteroatoms. The number of pyridine rings is 1. The van der Waals surface area contributed by atoms with E-state index < -0.39 is 0 Å². The molecular weight excluding hydrogens is 156 g/mol. The lowest BCUT2D eigenvalue weighted by molar-refractivity contribution is 0.146. The summed E-state index contributed by atoms with van der Waals surface area (Å²) >= 11 is 0. The molecule has 0 fully saturated rings. The van der Waals surface area contributed by atoms with Gasteiger partial charge in [0.25, 0.3) is 0 Å². The standard InChI is InChI=1S/C8H12N2O2/c1-11-5-6-12-7-3-2-4-10-8(7)9/h2-4H,5-6H2,1H3,(H2,9,10). The van der Waals surface area contributed by atoms with Gasteiger partial charge in [0, 0.05) is 13.3 Å². The number of methoxy groups -OCH3 is 1. The second kappa shape index (κ2) is 4.56. The van der Waals surface area contributed by atoms with Crippen LogP contribution in [0.25, 0.3) is 0 Å². The first-order chi connectivity index (χ1) is 5.84. The number of aromatic nitrogens is 1. The minimum Gasteiger partial charge on any atom is -0.487 e. The third-order valence-electron chi connectivity index (χ3n) is 1.34. The predicted molar refractivity (Wildman–Crippen MR) is 46.0 cm³/mol. The van der Waals surface area contributed by atoms with Crippen LogP contribution in [0.4, 0.5) is 5.82 Å². The third-order valence-corrected chi connectivity index (χ3v) is 1.34. The summed E-state index contributed by atoms with van der Waals surface area (Å²) in [6.45, 7) is 1.04. The Hall–Kier alpha value is -1.29. The van der Waals surface area contributed by atoms with E-state index in [1.807, 2.05) is 0 Å². The quantitative estimate of drug-likeness (QED) is 0.672. The maximum atomic E-state index is 5.53. The van der Waals surface area contributed by atoms with Gasteiger partial charge in [0.1, 0.15) is 6.61 Å². The molecular formula is C8H12N2O2. The minimum absolute atomic E-state index is 0.411. The molecule has 2 N–H and O–H groups in total. The second-order valence-electron chi connectivity index (χ2n) is 2.23. The summed E-state index contributed by atoms with van der Waals surface area (Å²) in [6, 6.07) is 3.55. The van der Waals surface area contributed by atoms with Gasteiger partial charge < -0.3 is 15.2 Å². The van der Waals surface area contributed by atoms with Gasteiger partial charge in [-0.25, -0.2) is 4.98 Å². The fraction of sp³-hybridized carbons (Fsp3) is 0.375. The molecule has 0 aliphatic heterocycles. The normalized spacial score (nSPS) is 9.75. The van der Waals surface area contributed by atoms with E-state index in [-0.39, 0.29) is 0 Å². The Bertz CT molecular complexity index is 240. The largest absolute Gasteiger partial charge is 0.487 e. The van der Waals surface area contributed by atoms with Crippen LogP contribution in [0.15, 0.2) is 18.3 Å². The van der Waals surface area contributed by atoms with Crippen molar-refractivity contribution in [2.24, 2.45) is 0 Å². The predicted octanol–water partition coefficient (Wildman–Crippen LogP) is 0.689. The van der Waals surface area contributed by atoms with E-state index in [9.17, 15) is 0 Å². The second-order valence-corrected chi connectivity index (χ2v) is 2.23. The van der Waals surface area contributed by atoms with E-state index in [1.165, 1.54) is 0 Å². The first-order valence-electron chi connectivity index (χ1n) is 3.67. The highest BCUT2D eigenvalue weighted by molar-refractivity contribution is 5.44. The minimum atomic E-state index is 0.411. The highest BCUT2D eigenvalue weighted by Crippen LogP contribution is 2.16. The summed E-state index contributed by atoms with van der Waals surface area (Å²) in [7, 11) is 1.62. The summed E-state index contributed by atoms with van der Waals surface area (Å²) in [6.07, 6.45) is 1.62. The van der Waals surface area contributed by atoms with Crippen LogP contribution in [-0.2, 0) is 4.74 Å². The molecule has 0 aliphatic rings. The van der Waals surface area contributed by atoms with Gasteiger partial charge >= 0.3 is 0 Å². The molecule has 0 spiro atoms. The van der Waals surface area contributed by atoms with Crippen molar-refractivity contribution < 1.29 is 9.47 Å². The van der Waals surface area contributed by atoms with Crippen LogP contribution in [-0.4, -0.2) is 25.3 Å². The number of nitrogens with two attached hydrogens (primary N) is 1. The van der Waals surface area contributed by atoms with Gasteiger partial charge in [-0.1, -0.05) is 0 Å². The third kappa shape index (κ3) is 2.39. The fourth-order valence-electron chi connectivity index (χ4n) is 0.760. The number of ether oxygens (including phenoxy) is 2. The number of rotatable bonds is 4. The summed E-state index contributed by atoms with van der Waals surface area (Å²) in [5.41, 5.74) is 5.53. The van der Waals surface area contributed by atoms with Crippen LogP contribution in [0, 0.1) is 0 Å². The Kier molecular flexibility index (Phi) is 3.35. The Morgan fingerprint density at radius 1 is 1.50 bits per heavy atom. The molecule has 1 heterocycles. The molecule has 0 atom stereocenters. The Morgan fingerprint density at radius 3 is 3.00 bits per heavy atom. The van der Waals surface area contributed by atoms with E-state index in [1.54, 1.807) is 25.4 Å². The van der Waals surface area contributed by atoms with Crippen molar-refractivity contribution in [3.8, 4) is 5.75 Å². The SMILES string of the molecule is COCCOc1cccnc1N. The molecule has 0 saturated heterocycles. The zero-order valence-corrected chi connectivity index (χ0v) is 6.99. The number of hydrogen-bond donors (Lipinski definition) is 1. The zero-order valence-electron chi connectivity index (χ0n) is 6.99. The van der Waals surface area contributed by atoms with E-state index in [0.29, 0.717) is 24.8 Å². The van der Waals surface area contributed by atoms with Gasteiger partial charge in [-0.15, -0.1) is 0 Å². The first kappa shape index (κ1) is 8.80. The number of hydrogen-bond acceptors (Lipinski definition) is 4. The van der Waals surface area contributed by atoms with Crippen LogP contribution in [0.1, 0.15) is 0 Å². The molecule has 0 aromatic carbocycles. The van der Waals surface area contributed by atoms with Crippen LogP contribution in [0.3, 0.4) is 0 Å². The number of anilines is 1. The van der Waals surface area contributed by atoms with Gasteiger partial charge in [0.15, 0.2) is 11.6 Å². The fourth-order valence-corrected chi connectivity index (χ4v) is 0.760. The van der Waals surface area contributed by atoms with Crippen molar-refractivity contribution in [3.05, 3.63) is 18.3 Å². The van der Waals surface area contributed by atoms with Gasteiger partial charge in [-0.05, 0) is 12.1 Å². The maximum absolute atomic E-state index is 5.53. The molecule has 0 radical (unpaired) electrons. The zero-order chi connectivity index (χ0) is 8.81. The molecule has 0 amide bonds. The van der Waals surface area contributed by atoms with Crippen molar-refractivity contribution >= 4 is 5.82 Å². The topological polar surface area (TPSA) is 57.4 Å². The highest BCUT2D eigenvalue weighted by atomic mass is 16.5. The lowest BCUT2D eigenvalue weighted by Crippen LogP contribution is -2.06. The molecule has 66 valence electrons. The average molecular weight is 168 g/mol. The van der Waals surface area contributed by atoms with E-state index in [0.717, 1.165) is 0 Å². The average Bonchev–Trinajstić information content (AvgIpc) is 2.09. The maximum Gasteiger partial charge on any atom is 0.166 e. The van der Waals surface area contributed by atoms with Gasteiger partial charge in [0.05, 0.1) is 6.61 Å². The smallest absolute Gasteiger partial charge is 0.166 e. The summed E-state index contributed by atoms with van der Waals surface area (Å²) in [4.78, 5) is 3.87. The molecule has 4 nitrogen and oxygen atoms in total. The van der Waals surface area contributed by atoms with Gasteiger partial charge in [-0.2, -0.15) is 0 Å². The Balaban J connectivity index is 2.46. The van der Waals surface area contributed by atoms with E-state index in [2.05, 4.69) is 4.98 Å². The summed E-state index contributed by atoms with van der Waals surface area (Å²) in [5.74, 6) is 1.02. The van der Waals surface area contributed by atoms with Crippen LogP contribution in [0.2, 0.25) is 0 Å². The lowest BCUT2D eigenvalue weighted by Gasteiger charge is -2.06. The molecule has 12 heavy (non-hydrogen) atoms. The van der Waals surface area contributed by atoms with Crippen molar-refractivity contribution in [1.29, 1.82) is 0 Å².